The molecule has 0 aliphatic carbocycles. The van der Waals surface area contributed by atoms with Crippen LogP contribution < -0.4 is 5.32 Å². The number of halogens is 1. The van der Waals surface area contributed by atoms with E-state index in [1.165, 1.54) is 6.33 Å². The van der Waals surface area contributed by atoms with Gasteiger partial charge in [-0.15, -0.1) is 0 Å². The molecule has 1 aromatic heterocycles. The summed E-state index contributed by atoms with van der Waals surface area (Å²) < 4.78 is 0.844. The lowest BCUT2D eigenvalue weighted by Gasteiger charge is -2.05. The van der Waals surface area contributed by atoms with E-state index >= 15 is 0 Å². The molecule has 0 bridgehead atoms. The molecule has 82 valence electrons. The van der Waals surface area contributed by atoms with Crippen molar-refractivity contribution in [1.29, 1.82) is 0 Å². The highest BCUT2D eigenvalue weighted by Gasteiger charge is 2.12. The third-order valence-electron chi connectivity index (χ3n) is 2.17. The fourth-order valence-electron chi connectivity index (χ4n) is 1.33. The number of amides is 1. The lowest BCUT2D eigenvalue weighted by atomic mass is 10.3. The first-order chi connectivity index (χ1) is 7.68. The summed E-state index contributed by atoms with van der Waals surface area (Å²) in [5, 5.41) is 2.79. The van der Waals surface area contributed by atoms with Gasteiger partial charge in [0.2, 0.25) is 0 Å². The largest absolute Gasteiger partial charge is 0.348 e. The van der Waals surface area contributed by atoms with Crippen LogP contribution in [-0.4, -0.2) is 15.9 Å². The number of carbonyl (C=O) groups is 1. The van der Waals surface area contributed by atoms with E-state index in [4.69, 9.17) is 0 Å². The summed E-state index contributed by atoms with van der Waals surface area (Å²) in [5.74, 6) is -0.217. The smallest absolute Gasteiger partial charge is 0.276 e. The van der Waals surface area contributed by atoms with E-state index in [-0.39, 0.29) is 5.91 Å². The predicted octanol–water partition coefficient (Wildman–Crippen LogP) is 2.73. The summed E-state index contributed by atoms with van der Waals surface area (Å²) in [6, 6.07) is 7.44. The number of nitrogens with zero attached hydrogens (tertiary/aromatic N) is 1. The van der Waals surface area contributed by atoms with E-state index in [9.17, 15) is 4.79 Å². The second-order valence-corrected chi connectivity index (χ2v) is 4.16. The molecular formula is C11H10BrN3O. The fourth-order valence-corrected chi connectivity index (χ4v) is 1.72. The number of aromatic nitrogens is 2. The zero-order valence-electron chi connectivity index (χ0n) is 8.62. The molecule has 1 amide bonds. The zero-order valence-corrected chi connectivity index (χ0v) is 10.2. The van der Waals surface area contributed by atoms with Crippen LogP contribution in [0.25, 0.3) is 0 Å². The average Bonchev–Trinajstić information content (AvgIpc) is 2.68. The molecule has 2 rings (SSSR count). The number of anilines is 1. The number of H-pyrrole nitrogens is 1. The number of rotatable bonds is 2. The number of nitrogens with one attached hydrogen (secondary N) is 2. The van der Waals surface area contributed by atoms with Crippen molar-refractivity contribution in [2.45, 2.75) is 6.92 Å². The molecule has 5 heteroatoms. The third-order valence-corrected chi connectivity index (χ3v) is 2.86. The Morgan fingerprint density at radius 1 is 1.44 bits per heavy atom. The summed E-state index contributed by atoms with van der Waals surface area (Å²) >= 11 is 3.36. The van der Waals surface area contributed by atoms with E-state index in [0.717, 1.165) is 15.9 Å². The predicted molar refractivity (Wildman–Crippen MR) is 65.4 cm³/mol. The standard InChI is InChI=1S/C11H10BrN3O/c1-7-10(14-6-13-7)11(16)15-9-5-3-2-4-8(9)12/h2-6H,1H3,(H,13,14)(H,15,16). The molecule has 0 spiro atoms. The quantitative estimate of drug-likeness (QED) is 0.888. The van der Waals surface area contributed by atoms with Crippen LogP contribution in [0.4, 0.5) is 5.69 Å². The van der Waals surface area contributed by atoms with Crippen molar-refractivity contribution in [3.8, 4) is 0 Å². The zero-order chi connectivity index (χ0) is 11.5. The Hall–Kier alpha value is -1.62. The van der Waals surface area contributed by atoms with Crippen LogP contribution in [-0.2, 0) is 0 Å². The first kappa shape index (κ1) is 10.9. The summed E-state index contributed by atoms with van der Waals surface area (Å²) in [7, 11) is 0. The van der Waals surface area contributed by atoms with Crippen LogP contribution >= 0.6 is 15.9 Å². The van der Waals surface area contributed by atoms with Crippen LogP contribution in [0, 0.1) is 6.92 Å². The summed E-state index contributed by atoms with van der Waals surface area (Å²) in [4.78, 5) is 18.7. The van der Waals surface area contributed by atoms with Crippen LogP contribution in [0.15, 0.2) is 35.1 Å². The lowest BCUT2D eigenvalue weighted by Crippen LogP contribution is -2.13. The minimum absolute atomic E-state index is 0.217. The highest BCUT2D eigenvalue weighted by atomic mass is 79.9. The van der Waals surface area contributed by atoms with Gasteiger partial charge in [0.25, 0.3) is 5.91 Å². The molecule has 0 radical (unpaired) electrons. The number of carbonyl (C=O) groups excluding carboxylic acids is 1. The molecule has 2 aromatic rings. The molecule has 1 heterocycles. The fraction of sp³-hybridized carbons (Fsp3) is 0.0909. The second kappa shape index (κ2) is 4.49. The van der Waals surface area contributed by atoms with Crippen LogP contribution in [0.5, 0.6) is 0 Å². The van der Waals surface area contributed by atoms with Gasteiger partial charge in [-0.1, -0.05) is 12.1 Å². The first-order valence-electron chi connectivity index (χ1n) is 4.74. The Labute approximate surface area is 101 Å². The molecule has 0 saturated heterocycles. The number of benzene rings is 1. The molecule has 0 unspecified atom stereocenters. The highest BCUT2D eigenvalue weighted by Crippen LogP contribution is 2.21. The van der Waals surface area contributed by atoms with Gasteiger partial charge >= 0.3 is 0 Å². The molecular weight excluding hydrogens is 270 g/mol. The number of aryl methyl sites for hydroxylation is 1. The van der Waals surface area contributed by atoms with Gasteiger partial charge in [-0.05, 0) is 35.0 Å². The molecule has 4 nitrogen and oxygen atoms in total. The maximum Gasteiger partial charge on any atom is 0.276 e. The van der Waals surface area contributed by atoms with E-state index < -0.39 is 0 Å². The van der Waals surface area contributed by atoms with Crippen LogP contribution in [0.1, 0.15) is 16.2 Å². The maximum atomic E-state index is 11.8. The Morgan fingerprint density at radius 3 is 2.81 bits per heavy atom. The number of imidazole rings is 1. The number of para-hydroxylation sites is 1. The molecule has 0 aliphatic rings. The Bertz CT molecular complexity index is 521. The Balaban J connectivity index is 2.21. The summed E-state index contributed by atoms with van der Waals surface area (Å²) in [6.07, 6.45) is 1.50. The maximum absolute atomic E-state index is 11.8. The van der Waals surface area contributed by atoms with Crippen molar-refractivity contribution in [2.75, 3.05) is 5.32 Å². The molecule has 2 N–H and O–H groups in total. The van der Waals surface area contributed by atoms with Crippen molar-refractivity contribution in [1.82, 2.24) is 9.97 Å². The van der Waals surface area contributed by atoms with E-state index in [1.54, 1.807) is 0 Å². The normalized spacial score (nSPS) is 10.1. The minimum atomic E-state index is -0.217. The molecule has 0 atom stereocenters. The van der Waals surface area contributed by atoms with Crippen LogP contribution in [0.3, 0.4) is 0 Å². The summed E-state index contributed by atoms with van der Waals surface area (Å²) in [5.41, 5.74) is 1.90. The van der Waals surface area contributed by atoms with E-state index in [1.807, 2.05) is 31.2 Å². The molecule has 0 fully saturated rings. The van der Waals surface area contributed by atoms with Gasteiger partial charge in [-0.25, -0.2) is 4.98 Å². The lowest BCUT2D eigenvalue weighted by molar-refractivity contribution is 0.102. The van der Waals surface area contributed by atoms with Crippen molar-refractivity contribution in [3.63, 3.8) is 0 Å². The Kier molecular flexibility index (Phi) is 3.05. The van der Waals surface area contributed by atoms with E-state index in [0.29, 0.717) is 5.69 Å². The van der Waals surface area contributed by atoms with Crippen molar-refractivity contribution >= 4 is 27.5 Å². The van der Waals surface area contributed by atoms with E-state index in [2.05, 4.69) is 31.2 Å². The topological polar surface area (TPSA) is 57.8 Å². The number of hydrogen-bond donors (Lipinski definition) is 2. The van der Waals surface area contributed by atoms with Crippen LogP contribution in [0.2, 0.25) is 0 Å². The molecule has 0 aliphatic heterocycles. The monoisotopic (exact) mass is 279 g/mol. The summed E-state index contributed by atoms with van der Waals surface area (Å²) in [6.45, 7) is 1.81. The van der Waals surface area contributed by atoms with Gasteiger partial charge in [-0.3, -0.25) is 4.79 Å². The molecule has 16 heavy (non-hydrogen) atoms. The number of hydrogen-bond acceptors (Lipinski definition) is 2. The minimum Gasteiger partial charge on any atom is -0.348 e. The molecule has 0 saturated carbocycles. The van der Waals surface area contributed by atoms with Gasteiger partial charge in [0.1, 0.15) is 5.69 Å². The second-order valence-electron chi connectivity index (χ2n) is 3.31. The average molecular weight is 280 g/mol. The molecule has 1 aromatic carbocycles. The van der Waals surface area contributed by atoms with Gasteiger partial charge in [0.15, 0.2) is 0 Å². The van der Waals surface area contributed by atoms with Gasteiger partial charge in [0, 0.05) is 10.2 Å². The Morgan fingerprint density at radius 2 is 2.19 bits per heavy atom. The first-order valence-corrected chi connectivity index (χ1v) is 5.53. The number of aromatic amines is 1. The van der Waals surface area contributed by atoms with Crippen molar-refractivity contribution in [3.05, 3.63) is 46.5 Å². The van der Waals surface area contributed by atoms with Gasteiger partial charge < -0.3 is 10.3 Å². The third kappa shape index (κ3) is 2.14. The van der Waals surface area contributed by atoms with Crippen molar-refractivity contribution in [2.24, 2.45) is 0 Å². The highest BCUT2D eigenvalue weighted by molar-refractivity contribution is 9.10. The van der Waals surface area contributed by atoms with Gasteiger partial charge in [0.05, 0.1) is 12.0 Å². The van der Waals surface area contributed by atoms with Gasteiger partial charge in [-0.2, -0.15) is 0 Å². The van der Waals surface area contributed by atoms with Crippen molar-refractivity contribution < 1.29 is 4.79 Å². The SMILES string of the molecule is Cc1[nH]cnc1C(=O)Nc1ccccc1Br.